The highest BCUT2D eigenvalue weighted by Crippen LogP contribution is 2.49. The number of carbonyl (C=O) groups excluding carboxylic acids is 3. The highest BCUT2D eigenvalue weighted by atomic mass is 16.6. The van der Waals surface area contributed by atoms with Crippen molar-refractivity contribution in [2.75, 3.05) is 20.3 Å². The molecule has 0 radical (unpaired) electrons. The number of methoxy groups -OCH3 is 1. The molecule has 1 aromatic heterocycles. The first-order valence-electron chi connectivity index (χ1n) is 17.2. The molecule has 3 aliphatic rings. The molecule has 2 aromatic rings. The molecule has 2 aliphatic heterocycles. The Kier molecular flexibility index (Phi) is 10.2. The SMILES string of the molecule is COc1ccc2nc3c(nc2c1)O[C@H]1CN(C(=O)[C@H](C(C)(C)C)NC(=O)O[C@]2(C)C[C@H]2CCCCCC3)[C@H](C(=O)OCC(C)C)[C@@H]1C. The van der Waals surface area contributed by atoms with Crippen LogP contribution in [0, 0.1) is 23.2 Å². The van der Waals surface area contributed by atoms with Crippen LogP contribution in [0.4, 0.5) is 4.79 Å². The third-order valence-electron chi connectivity index (χ3n) is 9.82. The molecular weight excluding hydrogens is 600 g/mol. The summed E-state index contributed by atoms with van der Waals surface area (Å²) in [4.78, 5) is 52.8. The number of hydrogen-bond acceptors (Lipinski definition) is 9. The highest BCUT2D eigenvalue weighted by Gasteiger charge is 2.54. The van der Waals surface area contributed by atoms with Gasteiger partial charge in [-0.05, 0) is 56.1 Å². The molecule has 3 heterocycles. The highest BCUT2D eigenvalue weighted by molar-refractivity contribution is 5.91. The van der Waals surface area contributed by atoms with Gasteiger partial charge in [-0.2, -0.15) is 0 Å². The normalized spacial score (nSPS) is 29.0. The lowest BCUT2D eigenvalue weighted by molar-refractivity contribution is -0.156. The summed E-state index contributed by atoms with van der Waals surface area (Å²) in [5.74, 6) is 0.161. The number of fused-ring (bicyclic) bond motifs is 5. The summed E-state index contributed by atoms with van der Waals surface area (Å²) in [6.07, 6.45) is 5.31. The molecule has 11 heteroatoms. The summed E-state index contributed by atoms with van der Waals surface area (Å²) in [7, 11) is 1.61. The maximum atomic E-state index is 14.4. The van der Waals surface area contributed by atoms with Crippen molar-refractivity contribution in [2.24, 2.45) is 23.2 Å². The monoisotopic (exact) mass is 652 g/mol. The van der Waals surface area contributed by atoms with E-state index in [2.05, 4.69) is 5.32 Å². The Morgan fingerprint density at radius 3 is 2.57 bits per heavy atom. The lowest BCUT2D eigenvalue weighted by Crippen LogP contribution is -2.57. The number of amides is 2. The van der Waals surface area contributed by atoms with Gasteiger partial charge in [-0.25, -0.2) is 19.6 Å². The second kappa shape index (κ2) is 13.8. The first-order valence-corrected chi connectivity index (χ1v) is 17.2. The molecule has 1 aliphatic carbocycles. The standard InChI is InChI=1S/C36H52N4O7/c1-21(2)20-45-33(42)29-22(3)28-19-40(29)32(41)30(35(4,5)6)39-34(43)47-36(7)18-23(36)13-11-9-10-12-14-26-31(46-28)38-27-17-24(44-8)15-16-25(27)37-26/h15-17,21-23,28-30H,9-14,18-20H2,1-8H3,(H,39,43)/t22-,23-,28+,29+,30-,36-/m1/s1. The van der Waals surface area contributed by atoms with Crippen LogP contribution in [0.25, 0.3) is 11.0 Å². The zero-order chi connectivity index (χ0) is 34.1. The zero-order valence-electron chi connectivity index (χ0n) is 29.3. The summed E-state index contributed by atoms with van der Waals surface area (Å²) < 4.78 is 23.7. The first-order chi connectivity index (χ1) is 22.2. The average molecular weight is 653 g/mol. The Labute approximate surface area is 278 Å². The Balaban J connectivity index is 1.53. The molecule has 11 nitrogen and oxygen atoms in total. The van der Waals surface area contributed by atoms with Crippen LogP contribution in [0.15, 0.2) is 18.2 Å². The fourth-order valence-corrected chi connectivity index (χ4v) is 6.76. The molecule has 258 valence electrons. The van der Waals surface area contributed by atoms with Crippen molar-refractivity contribution < 1.29 is 33.3 Å². The Morgan fingerprint density at radius 1 is 1.13 bits per heavy atom. The van der Waals surface area contributed by atoms with Gasteiger partial charge < -0.3 is 29.2 Å². The van der Waals surface area contributed by atoms with Gasteiger partial charge in [0.05, 0.1) is 31.3 Å². The number of ether oxygens (including phenoxy) is 4. The molecule has 6 atom stereocenters. The van der Waals surface area contributed by atoms with E-state index in [1.54, 1.807) is 7.11 Å². The molecule has 47 heavy (non-hydrogen) atoms. The van der Waals surface area contributed by atoms with Gasteiger partial charge in [0.1, 0.15) is 35.2 Å². The van der Waals surface area contributed by atoms with E-state index in [1.165, 1.54) is 4.90 Å². The summed E-state index contributed by atoms with van der Waals surface area (Å²) in [5, 5.41) is 2.88. The Hall–Kier alpha value is -3.63. The number of hydrogen-bond donors (Lipinski definition) is 1. The van der Waals surface area contributed by atoms with Crippen LogP contribution in [-0.2, 0) is 25.5 Å². The fourth-order valence-electron chi connectivity index (χ4n) is 6.76. The number of carbonyl (C=O) groups is 3. The minimum Gasteiger partial charge on any atom is -0.497 e. The number of alkyl carbamates (subject to hydrolysis) is 1. The van der Waals surface area contributed by atoms with Crippen LogP contribution in [0.1, 0.15) is 92.7 Å². The Bertz CT molecular complexity index is 1470. The largest absolute Gasteiger partial charge is 0.497 e. The van der Waals surface area contributed by atoms with Gasteiger partial charge in [0.2, 0.25) is 11.8 Å². The van der Waals surface area contributed by atoms with E-state index in [0.29, 0.717) is 29.5 Å². The topological polar surface area (TPSA) is 129 Å². The van der Waals surface area contributed by atoms with Gasteiger partial charge >= 0.3 is 12.1 Å². The summed E-state index contributed by atoms with van der Waals surface area (Å²) in [6.45, 7) is 13.8. The van der Waals surface area contributed by atoms with E-state index < -0.39 is 47.2 Å². The van der Waals surface area contributed by atoms with Crippen LogP contribution >= 0.6 is 0 Å². The molecule has 1 aromatic carbocycles. The van der Waals surface area contributed by atoms with Crippen molar-refractivity contribution in [1.29, 1.82) is 0 Å². The summed E-state index contributed by atoms with van der Waals surface area (Å²) in [5.41, 5.74) is 0.912. The summed E-state index contributed by atoms with van der Waals surface area (Å²) in [6, 6.07) is 3.72. The molecule has 5 rings (SSSR count). The van der Waals surface area contributed by atoms with E-state index in [4.69, 9.17) is 28.9 Å². The van der Waals surface area contributed by atoms with E-state index in [1.807, 2.05) is 66.7 Å². The number of nitrogens with zero attached hydrogens (tertiary/aromatic N) is 3. The van der Waals surface area contributed by atoms with Crippen LogP contribution in [-0.4, -0.2) is 76.9 Å². The van der Waals surface area contributed by atoms with Gasteiger partial charge in [0.15, 0.2) is 0 Å². The second-order valence-corrected chi connectivity index (χ2v) is 15.3. The van der Waals surface area contributed by atoms with E-state index >= 15 is 0 Å². The van der Waals surface area contributed by atoms with Crippen molar-refractivity contribution in [3.63, 3.8) is 0 Å². The molecule has 1 saturated carbocycles. The molecule has 0 spiro atoms. The van der Waals surface area contributed by atoms with Crippen molar-refractivity contribution in [3.05, 3.63) is 23.9 Å². The van der Waals surface area contributed by atoms with E-state index in [0.717, 1.165) is 49.7 Å². The lowest BCUT2D eigenvalue weighted by Gasteiger charge is -2.35. The van der Waals surface area contributed by atoms with Crippen LogP contribution in [0.2, 0.25) is 0 Å². The number of aryl methyl sites for hydroxylation is 1. The molecule has 2 bridgehead atoms. The minimum atomic E-state index is -0.951. The third kappa shape index (κ3) is 7.92. The van der Waals surface area contributed by atoms with Gasteiger partial charge in [0, 0.05) is 17.9 Å². The predicted octanol–water partition coefficient (Wildman–Crippen LogP) is 5.86. The molecule has 1 N–H and O–H groups in total. The third-order valence-corrected chi connectivity index (χ3v) is 9.82. The summed E-state index contributed by atoms with van der Waals surface area (Å²) >= 11 is 0. The number of aromatic nitrogens is 2. The van der Waals surface area contributed by atoms with Crippen molar-refractivity contribution in [1.82, 2.24) is 20.2 Å². The smallest absolute Gasteiger partial charge is 0.408 e. The van der Waals surface area contributed by atoms with Crippen molar-refractivity contribution in [3.8, 4) is 11.6 Å². The van der Waals surface area contributed by atoms with Crippen LogP contribution in [0.3, 0.4) is 0 Å². The van der Waals surface area contributed by atoms with Gasteiger partial charge in [-0.1, -0.05) is 60.8 Å². The predicted molar refractivity (Wildman–Crippen MR) is 177 cm³/mol. The average Bonchev–Trinajstić information content (AvgIpc) is 3.52. The second-order valence-electron chi connectivity index (χ2n) is 15.3. The Morgan fingerprint density at radius 2 is 1.87 bits per heavy atom. The molecule has 0 unspecified atom stereocenters. The number of nitrogens with one attached hydrogen (secondary N) is 1. The van der Waals surface area contributed by atoms with Gasteiger partial charge in [-0.3, -0.25) is 4.79 Å². The van der Waals surface area contributed by atoms with Crippen LogP contribution in [0.5, 0.6) is 11.6 Å². The minimum absolute atomic E-state index is 0.113. The fraction of sp³-hybridized carbons (Fsp3) is 0.694. The lowest BCUT2D eigenvalue weighted by atomic mass is 9.85. The van der Waals surface area contributed by atoms with Crippen molar-refractivity contribution in [2.45, 2.75) is 117 Å². The number of esters is 1. The van der Waals surface area contributed by atoms with Crippen molar-refractivity contribution >= 4 is 29.0 Å². The molecule has 1 saturated heterocycles. The molecular formula is C36H52N4O7. The number of benzene rings is 1. The quantitative estimate of drug-likeness (QED) is 0.404. The molecule has 2 fully saturated rings. The maximum absolute atomic E-state index is 14.4. The molecule has 2 amide bonds. The van der Waals surface area contributed by atoms with E-state index in [-0.39, 0.29) is 25.0 Å². The van der Waals surface area contributed by atoms with Gasteiger partial charge in [0.25, 0.3) is 0 Å². The first kappa shape index (κ1) is 34.7. The van der Waals surface area contributed by atoms with Crippen LogP contribution < -0.4 is 14.8 Å². The number of rotatable bonds is 4. The zero-order valence-corrected chi connectivity index (χ0v) is 29.3. The van der Waals surface area contributed by atoms with Gasteiger partial charge in [-0.15, -0.1) is 0 Å². The maximum Gasteiger partial charge on any atom is 0.408 e. The van der Waals surface area contributed by atoms with E-state index in [9.17, 15) is 14.4 Å².